The maximum atomic E-state index is 4.43. The van der Waals surface area contributed by atoms with E-state index in [1.54, 1.807) is 0 Å². The second kappa shape index (κ2) is 5.28. The van der Waals surface area contributed by atoms with Gasteiger partial charge in [0.25, 0.3) is 6.67 Å². The quantitative estimate of drug-likeness (QED) is 0.783. The fourth-order valence-corrected chi connectivity index (χ4v) is 2.96. The molecule has 2 aromatic rings. The Hall–Kier alpha value is -2.22. The Morgan fingerprint density at radius 2 is 0.952 bits per heavy atom. The standard InChI is InChI=1S/C19H18N2/c1-12-7-5-8-13(2)16(12)18-19(21-11-20-18)17-14(3)9-6-10-15(17)4/h5-10H,1-4H3. The zero-order valence-corrected chi connectivity index (χ0v) is 12.9. The Balaban J connectivity index is 2.17. The van der Waals surface area contributed by atoms with Gasteiger partial charge in [0, 0.05) is 11.1 Å². The van der Waals surface area contributed by atoms with Crippen LogP contribution in [0.5, 0.6) is 0 Å². The molecule has 2 radical (unpaired) electrons. The molecule has 0 aromatic heterocycles. The van der Waals surface area contributed by atoms with Gasteiger partial charge in [-0.25, -0.2) is 9.98 Å². The van der Waals surface area contributed by atoms with Crippen LogP contribution in [-0.4, -0.2) is 11.4 Å². The van der Waals surface area contributed by atoms with Crippen LogP contribution in [0, 0.1) is 34.4 Å². The highest BCUT2D eigenvalue weighted by molar-refractivity contribution is 6.55. The van der Waals surface area contributed by atoms with E-state index in [1.807, 2.05) is 0 Å². The third-order valence-corrected chi connectivity index (χ3v) is 3.98. The molecule has 104 valence electrons. The van der Waals surface area contributed by atoms with Crippen molar-refractivity contribution in [3.8, 4) is 0 Å². The number of hydrogen-bond acceptors (Lipinski definition) is 2. The van der Waals surface area contributed by atoms with Crippen LogP contribution in [0.2, 0.25) is 0 Å². The molecule has 1 aliphatic heterocycles. The van der Waals surface area contributed by atoms with E-state index < -0.39 is 0 Å². The molecule has 2 nitrogen and oxygen atoms in total. The highest BCUT2D eigenvalue weighted by Gasteiger charge is 2.23. The van der Waals surface area contributed by atoms with Crippen molar-refractivity contribution < 1.29 is 0 Å². The Kier molecular flexibility index (Phi) is 3.46. The van der Waals surface area contributed by atoms with Crippen LogP contribution in [0.1, 0.15) is 33.4 Å². The second-order valence-electron chi connectivity index (χ2n) is 5.55. The first-order valence-electron chi connectivity index (χ1n) is 7.13. The Morgan fingerprint density at radius 3 is 1.29 bits per heavy atom. The molecule has 0 N–H and O–H groups in total. The van der Waals surface area contributed by atoms with Gasteiger partial charge in [-0.3, -0.25) is 0 Å². The fourth-order valence-electron chi connectivity index (χ4n) is 2.96. The molecule has 0 amide bonds. The molecule has 1 aliphatic rings. The molecular formula is C19H18N2. The van der Waals surface area contributed by atoms with Crippen LogP contribution >= 0.6 is 0 Å². The molecule has 0 spiro atoms. The summed E-state index contributed by atoms with van der Waals surface area (Å²) in [6.45, 7) is 11.3. The van der Waals surface area contributed by atoms with Crippen LogP contribution in [0.4, 0.5) is 0 Å². The van der Waals surface area contributed by atoms with Gasteiger partial charge in [0.2, 0.25) is 0 Å². The molecule has 3 rings (SSSR count). The van der Waals surface area contributed by atoms with Crippen LogP contribution < -0.4 is 0 Å². The molecule has 2 heteroatoms. The van der Waals surface area contributed by atoms with Crippen molar-refractivity contribution in [2.45, 2.75) is 27.7 Å². The molecule has 21 heavy (non-hydrogen) atoms. The number of benzene rings is 2. The van der Waals surface area contributed by atoms with E-state index in [4.69, 9.17) is 0 Å². The Labute approximate surface area is 126 Å². The third-order valence-electron chi connectivity index (χ3n) is 3.98. The van der Waals surface area contributed by atoms with Gasteiger partial charge in [0.15, 0.2) is 0 Å². The third kappa shape index (κ3) is 2.31. The van der Waals surface area contributed by atoms with E-state index in [1.165, 1.54) is 33.4 Å². The molecule has 0 aliphatic carbocycles. The number of rotatable bonds is 2. The minimum Gasteiger partial charge on any atom is -0.243 e. The van der Waals surface area contributed by atoms with Gasteiger partial charge < -0.3 is 0 Å². The summed E-state index contributed by atoms with van der Waals surface area (Å²) in [6, 6.07) is 12.6. The van der Waals surface area contributed by atoms with Crippen molar-refractivity contribution in [2.24, 2.45) is 9.98 Å². The predicted octanol–water partition coefficient (Wildman–Crippen LogP) is 4.21. The van der Waals surface area contributed by atoms with Gasteiger partial charge in [-0.1, -0.05) is 36.4 Å². The number of hydrogen-bond donors (Lipinski definition) is 0. The minimum atomic E-state index is 0.933. The largest absolute Gasteiger partial charge is 0.251 e. The van der Waals surface area contributed by atoms with E-state index in [0.29, 0.717) is 0 Å². The van der Waals surface area contributed by atoms with Crippen LogP contribution in [-0.2, 0) is 0 Å². The van der Waals surface area contributed by atoms with E-state index >= 15 is 0 Å². The smallest absolute Gasteiger partial charge is 0.243 e. The summed E-state index contributed by atoms with van der Waals surface area (Å²) in [4.78, 5) is 8.86. The second-order valence-corrected chi connectivity index (χ2v) is 5.55. The summed E-state index contributed by atoms with van der Waals surface area (Å²) < 4.78 is 0. The summed E-state index contributed by atoms with van der Waals surface area (Å²) in [5.41, 5.74) is 9.08. The number of aryl methyl sites for hydroxylation is 4. The zero-order valence-electron chi connectivity index (χ0n) is 12.9. The molecule has 0 unspecified atom stereocenters. The van der Waals surface area contributed by atoms with Crippen molar-refractivity contribution in [1.29, 1.82) is 0 Å². The average molecular weight is 274 g/mol. The van der Waals surface area contributed by atoms with Crippen molar-refractivity contribution in [3.05, 3.63) is 76.4 Å². The fraction of sp³-hybridized carbons (Fsp3) is 0.211. The van der Waals surface area contributed by atoms with E-state index in [0.717, 1.165) is 11.4 Å². The van der Waals surface area contributed by atoms with E-state index in [-0.39, 0.29) is 0 Å². The maximum Gasteiger partial charge on any atom is 0.251 e. The van der Waals surface area contributed by atoms with Crippen LogP contribution in [0.3, 0.4) is 0 Å². The van der Waals surface area contributed by atoms with Gasteiger partial charge in [-0.05, 0) is 49.9 Å². The molecule has 1 heterocycles. The summed E-state index contributed by atoms with van der Waals surface area (Å²) in [7, 11) is 0. The zero-order chi connectivity index (χ0) is 15.0. The number of nitrogens with zero attached hydrogens (tertiary/aromatic N) is 2. The van der Waals surface area contributed by atoms with Crippen LogP contribution in [0.25, 0.3) is 0 Å². The van der Waals surface area contributed by atoms with Gasteiger partial charge in [-0.2, -0.15) is 0 Å². The Bertz CT molecular complexity index is 661. The first-order chi connectivity index (χ1) is 10.1. The molecule has 2 aromatic carbocycles. The lowest BCUT2D eigenvalue weighted by atomic mass is 9.89. The lowest BCUT2D eigenvalue weighted by Gasteiger charge is -2.15. The number of aliphatic imine (C=N–C) groups is 2. The van der Waals surface area contributed by atoms with Crippen molar-refractivity contribution in [1.82, 2.24) is 0 Å². The highest BCUT2D eigenvalue weighted by atomic mass is 15.0. The van der Waals surface area contributed by atoms with Gasteiger partial charge in [0.1, 0.15) is 0 Å². The topological polar surface area (TPSA) is 24.7 Å². The maximum absolute atomic E-state index is 4.43. The van der Waals surface area contributed by atoms with Crippen molar-refractivity contribution in [2.75, 3.05) is 0 Å². The Morgan fingerprint density at radius 1 is 0.619 bits per heavy atom. The first kappa shape index (κ1) is 13.7. The van der Waals surface area contributed by atoms with Gasteiger partial charge in [0.05, 0.1) is 11.4 Å². The molecule has 0 saturated heterocycles. The SMILES string of the molecule is Cc1cccc(C)c1C1=N[C]N=C1c1c(C)cccc1C. The molecule has 0 atom stereocenters. The molecule has 0 fully saturated rings. The monoisotopic (exact) mass is 274 g/mol. The normalized spacial score (nSPS) is 14.1. The summed E-state index contributed by atoms with van der Waals surface area (Å²) in [6.07, 6.45) is 0. The molecule has 0 saturated carbocycles. The van der Waals surface area contributed by atoms with E-state index in [2.05, 4.69) is 80.7 Å². The lowest BCUT2D eigenvalue weighted by Crippen LogP contribution is -2.18. The first-order valence-corrected chi connectivity index (χ1v) is 7.13. The average Bonchev–Trinajstić information content (AvgIpc) is 2.87. The predicted molar refractivity (Wildman–Crippen MR) is 88.1 cm³/mol. The van der Waals surface area contributed by atoms with Gasteiger partial charge >= 0.3 is 0 Å². The molecule has 0 bridgehead atoms. The van der Waals surface area contributed by atoms with Gasteiger partial charge in [-0.15, -0.1) is 0 Å². The summed E-state index contributed by atoms with van der Waals surface area (Å²) in [5.74, 6) is 0. The van der Waals surface area contributed by atoms with Crippen LogP contribution in [0.15, 0.2) is 46.4 Å². The summed E-state index contributed by atoms with van der Waals surface area (Å²) in [5, 5.41) is 0. The van der Waals surface area contributed by atoms with E-state index in [9.17, 15) is 0 Å². The summed E-state index contributed by atoms with van der Waals surface area (Å²) >= 11 is 0. The highest BCUT2D eigenvalue weighted by Crippen LogP contribution is 2.24. The lowest BCUT2D eigenvalue weighted by molar-refractivity contribution is 1.27. The molecular weight excluding hydrogens is 256 g/mol. The van der Waals surface area contributed by atoms with Crippen molar-refractivity contribution >= 4 is 11.4 Å². The minimum absolute atomic E-state index is 0.933. The van der Waals surface area contributed by atoms with Crippen molar-refractivity contribution in [3.63, 3.8) is 0 Å².